The van der Waals surface area contributed by atoms with E-state index in [1.165, 1.54) is 17.4 Å². The summed E-state index contributed by atoms with van der Waals surface area (Å²) in [7, 11) is 0. The Kier molecular flexibility index (Phi) is 4.53. The minimum absolute atomic E-state index is 0.0356. The molecule has 0 bridgehead atoms. The van der Waals surface area contributed by atoms with Crippen molar-refractivity contribution in [3.05, 3.63) is 41.2 Å². The van der Waals surface area contributed by atoms with Gasteiger partial charge in [-0.05, 0) is 25.0 Å². The number of nitrogens with one attached hydrogen (secondary N) is 1. The van der Waals surface area contributed by atoms with Crippen LogP contribution in [0.15, 0.2) is 29.8 Å². The molecule has 1 N–H and O–H groups in total. The van der Waals surface area contributed by atoms with E-state index in [0.717, 1.165) is 12.8 Å². The van der Waals surface area contributed by atoms with Crippen molar-refractivity contribution < 1.29 is 9.18 Å². The maximum Gasteiger partial charge on any atom is 0.231 e. The highest BCUT2D eigenvalue weighted by Gasteiger charge is 2.28. The first-order chi connectivity index (χ1) is 11.2. The summed E-state index contributed by atoms with van der Waals surface area (Å²) in [6, 6.07) is 6.51. The molecule has 0 unspecified atom stereocenters. The standard InChI is InChI=1S/C16H15FN4OS/c17-13-4-1-5-14(12(13)9-18)21-7-2-3-11(10-21)15(22)20-16-19-6-8-23-16/h1,4-6,8,11H,2-3,7,10H2,(H,19,20,22)/t11-/m0/s1. The van der Waals surface area contributed by atoms with E-state index in [9.17, 15) is 14.4 Å². The van der Waals surface area contributed by atoms with E-state index in [0.29, 0.717) is 23.9 Å². The Balaban J connectivity index is 1.75. The number of carbonyl (C=O) groups excluding carboxylic acids is 1. The molecule has 5 nitrogen and oxygen atoms in total. The molecule has 0 radical (unpaired) electrons. The molecule has 118 valence electrons. The molecule has 1 saturated heterocycles. The van der Waals surface area contributed by atoms with Crippen LogP contribution in [0.5, 0.6) is 0 Å². The number of halogens is 1. The quantitative estimate of drug-likeness (QED) is 0.939. The van der Waals surface area contributed by atoms with Crippen LogP contribution in [-0.2, 0) is 4.79 Å². The Morgan fingerprint density at radius 1 is 1.52 bits per heavy atom. The summed E-state index contributed by atoms with van der Waals surface area (Å²) in [5, 5.41) is 14.4. The van der Waals surface area contributed by atoms with E-state index in [-0.39, 0.29) is 17.4 Å². The average Bonchev–Trinajstić information content (AvgIpc) is 3.07. The number of anilines is 2. The van der Waals surface area contributed by atoms with Crippen molar-refractivity contribution in [1.29, 1.82) is 5.26 Å². The lowest BCUT2D eigenvalue weighted by molar-refractivity contribution is -0.120. The van der Waals surface area contributed by atoms with Gasteiger partial charge in [0.05, 0.1) is 11.6 Å². The smallest absolute Gasteiger partial charge is 0.231 e. The first-order valence-electron chi connectivity index (χ1n) is 7.33. The number of carbonyl (C=O) groups is 1. The van der Waals surface area contributed by atoms with Gasteiger partial charge >= 0.3 is 0 Å². The molecule has 0 aliphatic carbocycles. The third-order valence-corrected chi connectivity index (χ3v) is 4.59. The highest BCUT2D eigenvalue weighted by molar-refractivity contribution is 7.13. The number of hydrogen-bond donors (Lipinski definition) is 1. The van der Waals surface area contributed by atoms with E-state index in [1.807, 2.05) is 11.0 Å². The Labute approximate surface area is 137 Å². The van der Waals surface area contributed by atoms with Crippen molar-refractivity contribution in [3.63, 3.8) is 0 Å². The van der Waals surface area contributed by atoms with Crippen molar-refractivity contribution in [2.75, 3.05) is 23.3 Å². The number of thiazole rings is 1. The fourth-order valence-electron chi connectivity index (χ4n) is 2.79. The molecular formula is C16H15FN4OS. The van der Waals surface area contributed by atoms with Crippen LogP contribution in [0, 0.1) is 23.1 Å². The summed E-state index contributed by atoms with van der Waals surface area (Å²) in [6.07, 6.45) is 3.22. The normalized spacial score (nSPS) is 17.6. The minimum Gasteiger partial charge on any atom is -0.370 e. The third kappa shape index (κ3) is 3.32. The molecule has 3 rings (SSSR count). The maximum absolute atomic E-state index is 13.8. The molecule has 1 amide bonds. The van der Waals surface area contributed by atoms with Crippen LogP contribution >= 0.6 is 11.3 Å². The summed E-state index contributed by atoms with van der Waals surface area (Å²) in [5.41, 5.74) is 0.590. The van der Waals surface area contributed by atoms with Crippen LogP contribution in [-0.4, -0.2) is 24.0 Å². The fraction of sp³-hybridized carbons (Fsp3) is 0.312. The van der Waals surface area contributed by atoms with Gasteiger partial charge in [0, 0.05) is 24.7 Å². The van der Waals surface area contributed by atoms with Crippen LogP contribution in [0.2, 0.25) is 0 Å². The van der Waals surface area contributed by atoms with E-state index in [1.54, 1.807) is 23.7 Å². The van der Waals surface area contributed by atoms with Gasteiger partial charge in [-0.25, -0.2) is 9.37 Å². The summed E-state index contributed by atoms with van der Waals surface area (Å²) >= 11 is 1.37. The summed E-state index contributed by atoms with van der Waals surface area (Å²) in [4.78, 5) is 18.3. The first kappa shape index (κ1) is 15.4. The monoisotopic (exact) mass is 330 g/mol. The van der Waals surface area contributed by atoms with Crippen LogP contribution < -0.4 is 10.2 Å². The Morgan fingerprint density at radius 2 is 2.39 bits per heavy atom. The van der Waals surface area contributed by atoms with Gasteiger partial charge in [0.15, 0.2) is 5.13 Å². The van der Waals surface area contributed by atoms with Crippen molar-refractivity contribution >= 4 is 28.1 Å². The molecule has 1 atom stereocenters. The van der Waals surface area contributed by atoms with E-state index < -0.39 is 5.82 Å². The number of nitriles is 1. The Hall–Kier alpha value is -2.46. The van der Waals surface area contributed by atoms with Crippen LogP contribution in [0.1, 0.15) is 18.4 Å². The van der Waals surface area contributed by atoms with Gasteiger partial charge < -0.3 is 10.2 Å². The molecule has 0 saturated carbocycles. The minimum atomic E-state index is -0.528. The largest absolute Gasteiger partial charge is 0.370 e. The first-order valence-corrected chi connectivity index (χ1v) is 8.21. The SMILES string of the molecule is N#Cc1c(F)cccc1N1CCC[C@H](C(=O)Nc2nccs2)C1. The number of hydrogen-bond acceptors (Lipinski definition) is 5. The molecule has 2 heterocycles. The van der Waals surface area contributed by atoms with Gasteiger partial charge in [0.1, 0.15) is 17.4 Å². The molecule has 0 spiro atoms. The number of piperidine rings is 1. The number of nitrogens with zero attached hydrogens (tertiary/aromatic N) is 3. The molecule has 1 aliphatic heterocycles. The van der Waals surface area contributed by atoms with Gasteiger partial charge in [0.25, 0.3) is 0 Å². The zero-order valence-corrected chi connectivity index (χ0v) is 13.1. The second kappa shape index (κ2) is 6.75. The second-order valence-corrected chi connectivity index (χ2v) is 6.25. The lowest BCUT2D eigenvalue weighted by Crippen LogP contribution is -2.41. The summed E-state index contributed by atoms with van der Waals surface area (Å²) in [5.74, 6) is -0.818. The van der Waals surface area contributed by atoms with Gasteiger partial charge in [-0.2, -0.15) is 5.26 Å². The van der Waals surface area contributed by atoms with Crippen molar-refractivity contribution in [2.45, 2.75) is 12.8 Å². The maximum atomic E-state index is 13.8. The Bertz CT molecular complexity index is 741. The van der Waals surface area contributed by atoms with Crippen LogP contribution in [0.25, 0.3) is 0 Å². The van der Waals surface area contributed by atoms with Crippen LogP contribution in [0.4, 0.5) is 15.2 Å². The van der Waals surface area contributed by atoms with Crippen molar-refractivity contribution in [1.82, 2.24) is 4.98 Å². The molecule has 1 aromatic carbocycles. The summed E-state index contributed by atoms with van der Waals surface area (Å²) in [6.45, 7) is 1.18. The topological polar surface area (TPSA) is 69.0 Å². The molecule has 1 fully saturated rings. The highest BCUT2D eigenvalue weighted by Crippen LogP contribution is 2.28. The molecule has 2 aromatic rings. The van der Waals surface area contributed by atoms with Gasteiger partial charge in [-0.15, -0.1) is 11.3 Å². The van der Waals surface area contributed by atoms with Gasteiger partial charge in [-0.1, -0.05) is 6.07 Å². The zero-order chi connectivity index (χ0) is 16.2. The number of benzene rings is 1. The summed E-state index contributed by atoms with van der Waals surface area (Å²) < 4.78 is 13.8. The molecule has 1 aromatic heterocycles. The van der Waals surface area contributed by atoms with Crippen LogP contribution in [0.3, 0.4) is 0 Å². The molecule has 7 heteroatoms. The lowest BCUT2D eigenvalue weighted by atomic mass is 9.96. The molecule has 1 aliphatic rings. The molecule has 23 heavy (non-hydrogen) atoms. The highest BCUT2D eigenvalue weighted by atomic mass is 32.1. The molecular weight excluding hydrogens is 315 g/mol. The average molecular weight is 330 g/mol. The van der Waals surface area contributed by atoms with E-state index in [2.05, 4.69) is 10.3 Å². The van der Waals surface area contributed by atoms with Gasteiger partial charge in [-0.3, -0.25) is 4.79 Å². The number of amides is 1. The lowest BCUT2D eigenvalue weighted by Gasteiger charge is -2.34. The van der Waals surface area contributed by atoms with Crippen molar-refractivity contribution in [3.8, 4) is 6.07 Å². The van der Waals surface area contributed by atoms with E-state index in [4.69, 9.17) is 0 Å². The zero-order valence-electron chi connectivity index (χ0n) is 12.3. The third-order valence-electron chi connectivity index (χ3n) is 3.90. The van der Waals surface area contributed by atoms with E-state index >= 15 is 0 Å². The second-order valence-electron chi connectivity index (χ2n) is 5.36. The van der Waals surface area contributed by atoms with Gasteiger partial charge in [0.2, 0.25) is 5.91 Å². The number of aromatic nitrogens is 1. The number of rotatable bonds is 3. The Morgan fingerprint density at radius 3 is 3.13 bits per heavy atom. The van der Waals surface area contributed by atoms with Crippen molar-refractivity contribution in [2.24, 2.45) is 5.92 Å². The predicted octanol–water partition coefficient (Wildman–Crippen LogP) is 3.01. The predicted molar refractivity (Wildman–Crippen MR) is 86.8 cm³/mol. The fourth-order valence-corrected chi connectivity index (χ4v) is 3.32.